The van der Waals surface area contributed by atoms with Gasteiger partial charge in [-0.25, -0.2) is 0 Å². The van der Waals surface area contributed by atoms with Gasteiger partial charge in [0, 0.05) is 41.3 Å². The Morgan fingerprint density at radius 1 is 1.14 bits per heavy atom. The van der Waals surface area contributed by atoms with Gasteiger partial charge in [0.15, 0.2) is 0 Å². The number of hydrogen-bond acceptors (Lipinski definition) is 3. The summed E-state index contributed by atoms with van der Waals surface area (Å²) in [5.41, 5.74) is 7.46. The number of allylic oxidation sites excluding steroid dienone is 16. The molecule has 2 N–H and O–H groups in total. The third kappa shape index (κ3) is 11.3. The predicted molar refractivity (Wildman–Crippen MR) is 194 cm³/mol. The second kappa shape index (κ2) is 18.3. The van der Waals surface area contributed by atoms with E-state index in [1.807, 2.05) is 12.2 Å². The van der Waals surface area contributed by atoms with Crippen molar-refractivity contribution in [1.82, 2.24) is 10.2 Å². The van der Waals surface area contributed by atoms with E-state index in [4.69, 9.17) is 11.6 Å². The number of nitrogens with one attached hydrogen (secondary N) is 1. The molecule has 1 fully saturated rings. The summed E-state index contributed by atoms with van der Waals surface area (Å²) in [5.74, 6) is 0. The number of piperidine rings is 1. The van der Waals surface area contributed by atoms with Gasteiger partial charge < -0.3 is 15.3 Å². The number of aliphatic hydroxyl groups excluding tert-OH is 1. The zero-order chi connectivity index (χ0) is 32.8. The molecule has 0 aromatic heterocycles. The third-order valence-corrected chi connectivity index (χ3v) is 8.75. The highest BCUT2D eigenvalue weighted by atomic mass is 35.5. The molecule has 0 bridgehead atoms. The van der Waals surface area contributed by atoms with E-state index in [9.17, 15) is 5.11 Å². The molecule has 1 heterocycles. The average molecular weight is 619 g/mol. The maximum absolute atomic E-state index is 9.47. The number of unbranched alkanes of at least 4 members (excludes halogenated alkanes) is 1. The van der Waals surface area contributed by atoms with E-state index in [0.717, 1.165) is 68.6 Å². The molecule has 1 aliphatic heterocycles. The van der Waals surface area contributed by atoms with Gasteiger partial charge >= 0.3 is 0 Å². The molecule has 1 atom stereocenters. The van der Waals surface area contributed by atoms with Gasteiger partial charge in [0.05, 0.1) is 0 Å². The summed E-state index contributed by atoms with van der Waals surface area (Å²) in [4.78, 5) is 2.43. The van der Waals surface area contributed by atoms with Gasteiger partial charge in [-0.05, 0) is 104 Å². The Morgan fingerprint density at radius 3 is 2.52 bits per heavy atom. The molecule has 1 aliphatic carbocycles. The zero-order valence-corrected chi connectivity index (χ0v) is 29.4. The van der Waals surface area contributed by atoms with Crippen LogP contribution in [0.25, 0.3) is 0 Å². The fourth-order valence-corrected chi connectivity index (χ4v) is 6.13. The Labute approximate surface area is 274 Å². The Hall–Kier alpha value is -2.75. The van der Waals surface area contributed by atoms with Crippen LogP contribution in [0.4, 0.5) is 0 Å². The average Bonchev–Trinajstić information content (AvgIpc) is 2.96. The summed E-state index contributed by atoms with van der Waals surface area (Å²) < 4.78 is 0. The van der Waals surface area contributed by atoms with Crippen LogP contribution < -0.4 is 5.32 Å². The van der Waals surface area contributed by atoms with E-state index in [-0.39, 0.29) is 23.5 Å². The molecule has 1 saturated heterocycles. The highest BCUT2D eigenvalue weighted by Crippen LogP contribution is 2.46. The molecule has 0 amide bonds. The monoisotopic (exact) mass is 618 g/mol. The lowest BCUT2D eigenvalue weighted by atomic mass is 9.74. The fourth-order valence-electron chi connectivity index (χ4n) is 5.81. The van der Waals surface area contributed by atoms with Crippen LogP contribution in [0.3, 0.4) is 0 Å². The quantitative estimate of drug-likeness (QED) is 0.115. The Balaban J connectivity index is 2.44. The first kappa shape index (κ1) is 37.4. The molecule has 0 spiro atoms. The van der Waals surface area contributed by atoms with Crippen LogP contribution in [-0.2, 0) is 0 Å². The second-order valence-electron chi connectivity index (χ2n) is 13.6. The summed E-state index contributed by atoms with van der Waals surface area (Å²) in [6.07, 6.45) is 31.2. The first-order valence-electron chi connectivity index (χ1n) is 16.5. The Kier molecular flexibility index (Phi) is 15.5. The van der Waals surface area contributed by atoms with Crippen molar-refractivity contribution in [2.24, 2.45) is 10.8 Å². The van der Waals surface area contributed by atoms with Gasteiger partial charge in [-0.2, -0.15) is 0 Å². The molecule has 2 aliphatic rings. The minimum atomic E-state index is 0.00571. The van der Waals surface area contributed by atoms with E-state index in [1.165, 1.54) is 28.1 Å². The molecular weight excluding hydrogens is 560 g/mol. The number of likely N-dealkylation sites (tertiary alicyclic amines) is 1. The largest absolute Gasteiger partial charge is 0.396 e. The zero-order valence-electron chi connectivity index (χ0n) is 28.7. The Morgan fingerprint density at radius 2 is 1.89 bits per heavy atom. The van der Waals surface area contributed by atoms with E-state index in [1.54, 1.807) is 0 Å². The maximum Gasteiger partial charge on any atom is 0.0492 e. The summed E-state index contributed by atoms with van der Waals surface area (Å²) in [5, 5.41) is 14.1. The third-order valence-electron chi connectivity index (χ3n) is 8.26. The smallest absolute Gasteiger partial charge is 0.0492 e. The fraction of sp³-hybridized carbons (Fsp3) is 0.500. The van der Waals surface area contributed by atoms with Crippen LogP contribution >= 0.6 is 11.6 Å². The van der Waals surface area contributed by atoms with Gasteiger partial charge in [-0.1, -0.05) is 108 Å². The van der Waals surface area contributed by atoms with Crippen LogP contribution in [0.5, 0.6) is 0 Å². The van der Waals surface area contributed by atoms with Crippen LogP contribution in [0, 0.1) is 10.8 Å². The summed E-state index contributed by atoms with van der Waals surface area (Å²) in [6, 6.07) is 0.164. The summed E-state index contributed by atoms with van der Waals surface area (Å²) in [6.45, 7) is 24.7. The molecule has 0 aromatic carbocycles. The topological polar surface area (TPSA) is 35.5 Å². The number of halogens is 1. The lowest BCUT2D eigenvalue weighted by Crippen LogP contribution is -2.37. The van der Waals surface area contributed by atoms with E-state index in [2.05, 4.69) is 127 Å². The van der Waals surface area contributed by atoms with Crippen molar-refractivity contribution in [2.75, 3.05) is 13.2 Å². The number of hydrogen-bond donors (Lipinski definition) is 2. The predicted octanol–water partition coefficient (Wildman–Crippen LogP) is 11.0. The van der Waals surface area contributed by atoms with Crippen LogP contribution in [0.15, 0.2) is 119 Å². The van der Waals surface area contributed by atoms with Crippen molar-refractivity contribution in [1.29, 1.82) is 0 Å². The lowest BCUT2D eigenvalue weighted by Gasteiger charge is -2.44. The molecule has 0 radical (unpaired) electrons. The molecule has 1 unspecified atom stereocenters. The molecule has 4 heteroatoms. The lowest BCUT2D eigenvalue weighted by molar-refractivity contribution is 0.259. The Bertz CT molecular complexity index is 1230. The van der Waals surface area contributed by atoms with Crippen molar-refractivity contribution in [3.63, 3.8) is 0 Å². The molecule has 44 heavy (non-hydrogen) atoms. The SMILES string of the molecule is C=C/C=C1\C(=C/CC)C(C)(C)C/C(=C\C=C2/CCCC(/C=C/C(N/C(C)=C/C=C\CC=C)C(C)(C)C)=C2Cl)N1CCCCO. The number of aliphatic hydroxyl groups is 1. The van der Waals surface area contributed by atoms with Gasteiger partial charge in [0.2, 0.25) is 0 Å². The normalized spacial score (nSPS) is 22.7. The first-order chi connectivity index (χ1) is 20.9. The van der Waals surface area contributed by atoms with E-state index < -0.39 is 0 Å². The van der Waals surface area contributed by atoms with Gasteiger partial charge in [0.1, 0.15) is 0 Å². The molecule has 0 saturated carbocycles. The maximum atomic E-state index is 9.47. The molecule has 2 rings (SSSR count). The highest BCUT2D eigenvalue weighted by molar-refractivity contribution is 6.32. The molecule has 0 aromatic rings. The second-order valence-corrected chi connectivity index (χ2v) is 14.0. The molecular formula is C40H59ClN2O. The molecule has 3 nitrogen and oxygen atoms in total. The van der Waals surface area contributed by atoms with Crippen molar-refractivity contribution in [2.45, 2.75) is 106 Å². The van der Waals surface area contributed by atoms with Gasteiger partial charge in [0.25, 0.3) is 0 Å². The number of nitrogens with zero attached hydrogens (tertiary/aromatic N) is 1. The standard InChI is InChI=1S/C40H59ClN2O/c1-10-13-14-15-21-31(4)42-37(39(5,6)7)27-25-33-23-18-22-32(38(33)41)24-26-34-30-40(8,9)35(19-11-2)36(20-12-3)43(34)28-16-17-29-44/h10,12,14-15,19-21,24-27,37,42,44H,1,3,11,13,16-18,22-23,28-30H2,2,4-9H3/b15-14-,27-25+,31-21+,32-24+,34-26+,35-19+,36-20+. The van der Waals surface area contributed by atoms with Gasteiger partial charge in [-0.15, -0.1) is 6.58 Å². The van der Waals surface area contributed by atoms with Crippen molar-refractivity contribution < 1.29 is 5.11 Å². The van der Waals surface area contributed by atoms with Crippen LogP contribution in [0.2, 0.25) is 0 Å². The number of rotatable bonds is 14. The molecule has 242 valence electrons. The summed E-state index contributed by atoms with van der Waals surface area (Å²) >= 11 is 7.11. The van der Waals surface area contributed by atoms with Crippen LogP contribution in [0.1, 0.15) is 99.8 Å². The minimum absolute atomic E-state index is 0.00571. The first-order valence-corrected chi connectivity index (χ1v) is 16.9. The minimum Gasteiger partial charge on any atom is -0.396 e. The van der Waals surface area contributed by atoms with E-state index in [0.29, 0.717) is 0 Å². The van der Waals surface area contributed by atoms with Crippen LogP contribution in [-0.4, -0.2) is 29.2 Å². The van der Waals surface area contributed by atoms with E-state index >= 15 is 0 Å². The van der Waals surface area contributed by atoms with Crippen molar-refractivity contribution in [3.8, 4) is 0 Å². The van der Waals surface area contributed by atoms with Crippen molar-refractivity contribution in [3.05, 3.63) is 119 Å². The van der Waals surface area contributed by atoms with Gasteiger partial charge in [-0.3, -0.25) is 0 Å². The summed E-state index contributed by atoms with van der Waals surface area (Å²) in [7, 11) is 0. The highest BCUT2D eigenvalue weighted by Gasteiger charge is 2.36. The van der Waals surface area contributed by atoms with Crippen molar-refractivity contribution >= 4 is 11.6 Å².